The van der Waals surface area contributed by atoms with Gasteiger partial charge in [0.25, 0.3) is 0 Å². The number of benzene rings is 2. The van der Waals surface area contributed by atoms with Gasteiger partial charge >= 0.3 is 11.9 Å². The topological polar surface area (TPSA) is 105 Å². The van der Waals surface area contributed by atoms with Gasteiger partial charge in [0.15, 0.2) is 0 Å². The van der Waals surface area contributed by atoms with Gasteiger partial charge in [-0.05, 0) is 62.1 Å². The van der Waals surface area contributed by atoms with Gasteiger partial charge in [-0.15, -0.1) is 0 Å². The number of ether oxygens (including phenoxy) is 2. The molecule has 0 bridgehead atoms. The van der Waals surface area contributed by atoms with Gasteiger partial charge in [0.1, 0.15) is 12.2 Å². The largest absolute Gasteiger partial charge is 0.455 e. The summed E-state index contributed by atoms with van der Waals surface area (Å²) < 4.78 is 11.2. The van der Waals surface area contributed by atoms with E-state index in [1.807, 2.05) is 0 Å². The number of hydrogen-bond acceptors (Lipinski definition) is 6. The zero-order chi connectivity index (χ0) is 18.5. The Morgan fingerprint density at radius 3 is 1.58 bits per heavy atom. The van der Waals surface area contributed by atoms with E-state index in [0.29, 0.717) is 35.3 Å². The first-order valence-electron chi connectivity index (χ1n) is 8.66. The molecule has 0 heterocycles. The quantitative estimate of drug-likeness (QED) is 0.645. The Bertz CT molecular complexity index is 738. The van der Waals surface area contributed by atoms with Crippen LogP contribution in [0.4, 0.5) is 11.4 Å². The summed E-state index contributed by atoms with van der Waals surface area (Å²) in [4.78, 5) is 24.8. The molecular formula is C20H22N2O4. The standard InChI is InChI=1S/C20H22N2O4/c21-15-7-3-5-13(11-15)19(23)25-17-9-1-2-10-18(17)26-20(24)14-6-4-8-16(22)12-14/h3-8,11-12,17-18H,1-2,9-10,21-22H2. The molecule has 0 spiro atoms. The van der Waals surface area contributed by atoms with E-state index in [-0.39, 0.29) is 0 Å². The molecule has 0 radical (unpaired) electrons. The van der Waals surface area contributed by atoms with Crippen LogP contribution in [-0.2, 0) is 9.47 Å². The van der Waals surface area contributed by atoms with Gasteiger partial charge in [-0.2, -0.15) is 0 Å². The van der Waals surface area contributed by atoms with Crippen LogP contribution in [0.2, 0.25) is 0 Å². The van der Waals surface area contributed by atoms with Crippen molar-refractivity contribution in [3.05, 3.63) is 59.7 Å². The molecule has 2 atom stereocenters. The fourth-order valence-corrected chi connectivity index (χ4v) is 3.07. The number of esters is 2. The highest BCUT2D eigenvalue weighted by Gasteiger charge is 2.32. The Morgan fingerprint density at radius 2 is 1.19 bits per heavy atom. The molecule has 4 N–H and O–H groups in total. The zero-order valence-electron chi connectivity index (χ0n) is 14.4. The van der Waals surface area contributed by atoms with Crippen LogP contribution in [0.25, 0.3) is 0 Å². The Labute approximate surface area is 152 Å². The highest BCUT2D eigenvalue weighted by Crippen LogP contribution is 2.26. The molecule has 0 aromatic heterocycles. The molecule has 26 heavy (non-hydrogen) atoms. The summed E-state index contributed by atoms with van der Waals surface area (Å²) in [6.45, 7) is 0. The van der Waals surface area contributed by atoms with Crippen molar-refractivity contribution in [3.8, 4) is 0 Å². The second-order valence-corrected chi connectivity index (χ2v) is 6.42. The van der Waals surface area contributed by atoms with Crippen LogP contribution >= 0.6 is 0 Å². The van der Waals surface area contributed by atoms with Crippen LogP contribution in [0, 0.1) is 0 Å². The summed E-state index contributed by atoms with van der Waals surface area (Å²) in [5.41, 5.74) is 13.2. The Hall–Kier alpha value is -3.02. The SMILES string of the molecule is Nc1cccc(C(=O)OC2CCCCC2OC(=O)c2cccc(N)c2)c1. The summed E-state index contributed by atoms with van der Waals surface area (Å²) in [6.07, 6.45) is 2.21. The molecule has 0 aliphatic heterocycles. The first kappa shape index (κ1) is 17.8. The molecular weight excluding hydrogens is 332 g/mol. The molecule has 136 valence electrons. The molecule has 6 heteroatoms. The minimum absolute atomic E-state index is 0.386. The predicted octanol–water partition coefficient (Wildman–Crippen LogP) is 3.18. The summed E-state index contributed by atoms with van der Waals surface area (Å²) >= 11 is 0. The average Bonchev–Trinajstić information content (AvgIpc) is 2.63. The van der Waals surface area contributed by atoms with E-state index >= 15 is 0 Å². The predicted molar refractivity (Wildman–Crippen MR) is 98.6 cm³/mol. The number of carbonyl (C=O) groups is 2. The number of anilines is 2. The summed E-state index contributed by atoms with van der Waals surface area (Å²) in [6, 6.07) is 13.2. The van der Waals surface area contributed by atoms with Gasteiger partial charge in [-0.1, -0.05) is 12.1 Å². The van der Waals surface area contributed by atoms with Gasteiger partial charge in [-0.3, -0.25) is 0 Å². The minimum Gasteiger partial charge on any atom is -0.455 e. The Balaban J connectivity index is 1.67. The fourth-order valence-electron chi connectivity index (χ4n) is 3.07. The van der Waals surface area contributed by atoms with Crippen molar-refractivity contribution in [2.45, 2.75) is 37.9 Å². The van der Waals surface area contributed by atoms with E-state index in [1.165, 1.54) is 0 Å². The maximum Gasteiger partial charge on any atom is 0.338 e. The maximum atomic E-state index is 12.4. The molecule has 0 amide bonds. The molecule has 1 aliphatic rings. The van der Waals surface area contributed by atoms with E-state index in [9.17, 15) is 9.59 Å². The van der Waals surface area contributed by atoms with Gasteiger partial charge in [0, 0.05) is 11.4 Å². The summed E-state index contributed by atoms with van der Waals surface area (Å²) in [5.74, 6) is -0.927. The highest BCUT2D eigenvalue weighted by atomic mass is 16.6. The minimum atomic E-state index is -0.470. The lowest BCUT2D eigenvalue weighted by molar-refractivity contribution is -0.0514. The molecule has 1 aliphatic carbocycles. The van der Waals surface area contributed by atoms with Gasteiger partial charge in [-0.25, -0.2) is 9.59 Å². The van der Waals surface area contributed by atoms with Gasteiger partial charge in [0.2, 0.25) is 0 Å². The molecule has 2 aromatic rings. The van der Waals surface area contributed by atoms with Crippen LogP contribution in [0.1, 0.15) is 46.4 Å². The third-order valence-electron chi connectivity index (χ3n) is 4.40. The van der Waals surface area contributed by atoms with Crippen molar-refractivity contribution in [3.63, 3.8) is 0 Å². The molecule has 2 aromatic carbocycles. The number of carbonyl (C=O) groups excluding carboxylic acids is 2. The normalized spacial score (nSPS) is 19.5. The second-order valence-electron chi connectivity index (χ2n) is 6.42. The number of rotatable bonds is 4. The van der Waals surface area contributed by atoms with E-state index in [1.54, 1.807) is 48.5 Å². The second kappa shape index (κ2) is 7.91. The third kappa shape index (κ3) is 4.33. The molecule has 3 rings (SSSR count). The summed E-state index contributed by atoms with van der Waals surface area (Å²) in [7, 11) is 0. The third-order valence-corrected chi connectivity index (χ3v) is 4.40. The van der Waals surface area contributed by atoms with Gasteiger partial charge < -0.3 is 20.9 Å². The lowest BCUT2D eigenvalue weighted by atomic mass is 9.94. The van der Waals surface area contributed by atoms with Gasteiger partial charge in [0.05, 0.1) is 11.1 Å². The average molecular weight is 354 g/mol. The maximum absolute atomic E-state index is 12.4. The molecule has 1 fully saturated rings. The van der Waals surface area contributed by atoms with Crippen LogP contribution in [0.15, 0.2) is 48.5 Å². The Morgan fingerprint density at radius 1 is 0.769 bits per heavy atom. The van der Waals surface area contributed by atoms with E-state index < -0.39 is 24.1 Å². The van der Waals surface area contributed by atoms with Crippen LogP contribution in [0.3, 0.4) is 0 Å². The monoisotopic (exact) mass is 354 g/mol. The number of nitrogens with two attached hydrogens (primary N) is 2. The smallest absolute Gasteiger partial charge is 0.338 e. The molecule has 1 saturated carbocycles. The van der Waals surface area contributed by atoms with Crippen LogP contribution in [0.5, 0.6) is 0 Å². The Kier molecular flexibility index (Phi) is 5.41. The van der Waals surface area contributed by atoms with E-state index in [0.717, 1.165) is 12.8 Å². The number of nitrogen functional groups attached to an aromatic ring is 2. The van der Waals surface area contributed by atoms with Crippen LogP contribution < -0.4 is 11.5 Å². The van der Waals surface area contributed by atoms with Crippen LogP contribution in [-0.4, -0.2) is 24.1 Å². The summed E-state index contributed by atoms with van der Waals surface area (Å²) in [5, 5.41) is 0. The lowest BCUT2D eigenvalue weighted by Crippen LogP contribution is -2.37. The van der Waals surface area contributed by atoms with Crippen molar-refractivity contribution < 1.29 is 19.1 Å². The first-order valence-corrected chi connectivity index (χ1v) is 8.66. The number of hydrogen-bond donors (Lipinski definition) is 2. The first-order chi connectivity index (χ1) is 12.5. The van der Waals surface area contributed by atoms with Crippen molar-refractivity contribution in [2.75, 3.05) is 11.5 Å². The van der Waals surface area contributed by atoms with Crippen molar-refractivity contribution in [2.24, 2.45) is 0 Å². The molecule has 6 nitrogen and oxygen atoms in total. The van der Waals surface area contributed by atoms with Crippen molar-refractivity contribution >= 4 is 23.3 Å². The van der Waals surface area contributed by atoms with E-state index in [4.69, 9.17) is 20.9 Å². The van der Waals surface area contributed by atoms with E-state index in [2.05, 4.69) is 0 Å². The molecule has 2 unspecified atom stereocenters. The zero-order valence-corrected chi connectivity index (χ0v) is 14.4. The fraction of sp³-hybridized carbons (Fsp3) is 0.300. The molecule has 0 saturated heterocycles. The van der Waals surface area contributed by atoms with Crippen molar-refractivity contribution in [1.29, 1.82) is 0 Å². The van der Waals surface area contributed by atoms with Crippen molar-refractivity contribution in [1.82, 2.24) is 0 Å². The lowest BCUT2D eigenvalue weighted by Gasteiger charge is -2.30. The highest BCUT2D eigenvalue weighted by molar-refractivity contribution is 5.91.